The van der Waals surface area contributed by atoms with Gasteiger partial charge in [-0.25, -0.2) is 8.42 Å². The first kappa shape index (κ1) is 23.4. The van der Waals surface area contributed by atoms with E-state index < -0.39 is 10.0 Å². The molecule has 0 aliphatic carbocycles. The summed E-state index contributed by atoms with van der Waals surface area (Å²) in [5.74, 6) is 0.416. The number of carbonyl (C=O) groups excluding carboxylic acids is 1. The molecule has 0 fully saturated rings. The molecule has 0 aliphatic heterocycles. The number of nitrogens with zero attached hydrogens (tertiary/aromatic N) is 1. The van der Waals surface area contributed by atoms with E-state index in [1.165, 1.54) is 28.6 Å². The number of benzene rings is 2. The average Bonchev–Trinajstić information content (AvgIpc) is 2.74. The van der Waals surface area contributed by atoms with E-state index in [1.54, 1.807) is 36.4 Å². The van der Waals surface area contributed by atoms with E-state index in [4.69, 9.17) is 4.74 Å². The number of rotatable bonds is 11. The Morgan fingerprint density at radius 1 is 1.07 bits per heavy atom. The molecule has 30 heavy (non-hydrogen) atoms. The van der Waals surface area contributed by atoms with Crippen LogP contribution in [0.4, 0.5) is 5.69 Å². The largest absolute Gasteiger partial charge is 0.491 e. The molecule has 2 aromatic carbocycles. The predicted molar refractivity (Wildman–Crippen MR) is 120 cm³/mol. The van der Waals surface area contributed by atoms with Gasteiger partial charge in [-0.2, -0.15) is 4.31 Å². The molecule has 160 valence electrons. The molecule has 0 spiro atoms. The monoisotopic (exact) mass is 428 g/mol. The second kappa shape index (κ2) is 10.8. The Morgan fingerprint density at radius 3 is 2.13 bits per heavy atom. The van der Waals surface area contributed by atoms with Crippen LogP contribution in [-0.2, 0) is 10.0 Å². The maximum atomic E-state index is 12.7. The Hall–Kier alpha value is -2.90. The topological polar surface area (TPSA) is 75.7 Å². The van der Waals surface area contributed by atoms with Crippen LogP contribution >= 0.6 is 0 Å². The van der Waals surface area contributed by atoms with Crippen molar-refractivity contribution in [2.24, 2.45) is 0 Å². The van der Waals surface area contributed by atoms with Gasteiger partial charge in [0, 0.05) is 24.3 Å². The van der Waals surface area contributed by atoms with Gasteiger partial charge in [0.05, 0.1) is 11.0 Å². The van der Waals surface area contributed by atoms with Crippen LogP contribution in [0.25, 0.3) is 0 Å². The lowest BCUT2D eigenvalue weighted by atomic mass is 10.2. The smallest absolute Gasteiger partial charge is 0.255 e. The molecule has 6 nitrogen and oxygen atoms in total. The van der Waals surface area contributed by atoms with E-state index in [-0.39, 0.29) is 30.0 Å². The van der Waals surface area contributed by atoms with Crippen molar-refractivity contribution in [3.05, 3.63) is 79.4 Å². The summed E-state index contributed by atoms with van der Waals surface area (Å²) in [5, 5.41) is 2.77. The Morgan fingerprint density at radius 2 is 1.63 bits per heavy atom. The Kier molecular flexibility index (Phi) is 8.38. The van der Waals surface area contributed by atoms with Gasteiger partial charge in [-0.3, -0.25) is 4.79 Å². The first-order valence-electron chi connectivity index (χ1n) is 9.71. The predicted octanol–water partition coefficient (Wildman–Crippen LogP) is 4.48. The fourth-order valence-corrected chi connectivity index (χ4v) is 4.00. The van der Waals surface area contributed by atoms with Gasteiger partial charge in [0.1, 0.15) is 5.75 Å². The van der Waals surface area contributed by atoms with E-state index in [9.17, 15) is 13.2 Å². The summed E-state index contributed by atoms with van der Waals surface area (Å²) in [4.78, 5) is 12.6. The van der Waals surface area contributed by atoms with Crippen LogP contribution in [-0.4, -0.2) is 37.8 Å². The number of sulfonamides is 1. The molecule has 2 aromatic rings. The fourth-order valence-electron chi connectivity index (χ4n) is 2.62. The minimum atomic E-state index is -3.68. The molecule has 1 N–H and O–H groups in total. The van der Waals surface area contributed by atoms with Gasteiger partial charge in [-0.05, 0) is 61.9 Å². The molecule has 0 aromatic heterocycles. The molecule has 2 rings (SSSR count). The Bertz CT molecular complexity index is 957. The fraction of sp³-hybridized carbons (Fsp3) is 0.261. The molecule has 0 bridgehead atoms. The lowest BCUT2D eigenvalue weighted by Crippen LogP contribution is -2.31. The van der Waals surface area contributed by atoms with Gasteiger partial charge in [-0.1, -0.05) is 19.1 Å². The zero-order chi connectivity index (χ0) is 22.1. The molecular weight excluding hydrogens is 400 g/mol. The molecule has 0 saturated heterocycles. The number of carbonyl (C=O) groups is 1. The van der Waals surface area contributed by atoms with E-state index >= 15 is 0 Å². The molecule has 0 aliphatic rings. The molecule has 0 saturated carbocycles. The highest BCUT2D eigenvalue weighted by Crippen LogP contribution is 2.20. The number of nitrogens with one attached hydrogen (secondary N) is 1. The minimum Gasteiger partial charge on any atom is -0.491 e. The van der Waals surface area contributed by atoms with Crippen molar-refractivity contribution < 1.29 is 17.9 Å². The van der Waals surface area contributed by atoms with Crippen molar-refractivity contribution in [2.45, 2.75) is 31.3 Å². The van der Waals surface area contributed by atoms with Gasteiger partial charge in [0.25, 0.3) is 5.91 Å². The highest BCUT2D eigenvalue weighted by molar-refractivity contribution is 7.89. The van der Waals surface area contributed by atoms with Crippen LogP contribution < -0.4 is 10.1 Å². The standard InChI is InChI=1S/C23H28N2O4S/c1-5-16-25(17-6-2)30(27,28)22-14-10-20(11-15-22)24-23(26)19-8-12-21(13-9-19)29-18(4)7-3/h5-6,8-15,18H,1-2,7,16-17H2,3-4H3,(H,24,26). The van der Waals surface area contributed by atoms with Crippen molar-refractivity contribution in [2.75, 3.05) is 18.4 Å². The normalized spacial score (nSPS) is 12.2. The molecule has 1 amide bonds. The highest BCUT2D eigenvalue weighted by atomic mass is 32.2. The SMILES string of the molecule is C=CCN(CC=C)S(=O)(=O)c1ccc(NC(=O)c2ccc(OC(C)CC)cc2)cc1. The van der Waals surface area contributed by atoms with Crippen LogP contribution in [0.5, 0.6) is 5.75 Å². The number of hydrogen-bond acceptors (Lipinski definition) is 4. The molecule has 7 heteroatoms. The maximum Gasteiger partial charge on any atom is 0.255 e. The van der Waals surface area contributed by atoms with Crippen molar-refractivity contribution in [1.29, 1.82) is 0 Å². The van der Waals surface area contributed by atoms with Crippen molar-refractivity contribution in [3.8, 4) is 5.75 Å². The molecule has 1 unspecified atom stereocenters. The minimum absolute atomic E-state index is 0.105. The quantitative estimate of drug-likeness (QED) is 0.536. The molecule has 0 heterocycles. The summed E-state index contributed by atoms with van der Waals surface area (Å²) >= 11 is 0. The average molecular weight is 429 g/mol. The van der Waals surface area contributed by atoms with E-state index in [1.807, 2.05) is 13.8 Å². The first-order valence-corrected chi connectivity index (χ1v) is 11.2. The summed E-state index contributed by atoms with van der Waals surface area (Å²) in [5.41, 5.74) is 0.976. The zero-order valence-electron chi connectivity index (χ0n) is 17.4. The number of anilines is 1. The Balaban J connectivity index is 2.08. The second-order valence-electron chi connectivity index (χ2n) is 6.74. The van der Waals surface area contributed by atoms with E-state index in [0.717, 1.165) is 6.42 Å². The summed E-state index contributed by atoms with van der Waals surface area (Å²) in [6, 6.07) is 12.9. The van der Waals surface area contributed by atoms with Crippen molar-refractivity contribution >= 4 is 21.6 Å². The van der Waals surface area contributed by atoms with Gasteiger partial charge < -0.3 is 10.1 Å². The number of hydrogen-bond donors (Lipinski definition) is 1. The van der Waals surface area contributed by atoms with Crippen LogP contribution in [0.3, 0.4) is 0 Å². The maximum absolute atomic E-state index is 12.7. The molecule has 0 radical (unpaired) electrons. The summed E-state index contributed by atoms with van der Waals surface area (Å²) < 4.78 is 32.4. The summed E-state index contributed by atoms with van der Waals surface area (Å²) in [7, 11) is -3.68. The highest BCUT2D eigenvalue weighted by Gasteiger charge is 2.22. The van der Waals surface area contributed by atoms with Crippen LogP contribution in [0.15, 0.2) is 78.7 Å². The lowest BCUT2D eigenvalue weighted by molar-refractivity contribution is 0.102. The lowest BCUT2D eigenvalue weighted by Gasteiger charge is -2.19. The van der Waals surface area contributed by atoms with Gasteiger partial charge in [0.15, 0.2) is 0 Å². The van der Waals surface area contributed by atoms with Crippen LogP contribution in [0, 0.1) is 0 Å². The van der Waals surface area contributed by atoms with Gasteiger partial charge in [0.2, 0.25) is 10.0 Å². The zero-order valence-corrected chi connectivity index (χ0v) is 18.2. The molecular formula is C23H28N2O4S. The summed E-state index contributed by atoms with van der Waals surface area (Å²) in [6.07, 6.45) is 4.05. The van der Waals surface area contributed by atoms with Crippen molar-refractivity contribution in [3.63, 3.8) is 0 Å². The third kappa shape index (κ3) is 6.05. The van der Waals surface area contributed by atoms with Gasteiger partial charge >= 0.3 is 0 Å². The third-order valence-electron chi connectivity index (χ3n) is 4.44. The van der Waals surface area contributed by atoms with E-state index in [0.29, 0.717) is 17.0 Å². The first-order chi connectivity index (χ1) is 14.3. The second-order valence-corrected chi connectivity index (χ2v) is 8.68. The Labute approximate surface area is 178 Å². The van der Waals surface area contributed by atoms with Crippen molar-refractivity contribution in [1.82, 2.24) is 4.31 Å². The van der Waals surface area contributed by atoms with Gasteiger partial charge in [-0.15, -0.1) is 13.2 Å². The van der Waals surface area contributed by atoms with Crippen LogP contribution in [0.1, 0.15) is 30.6 Å². The third-order valence-corrected chi connectivity index (χ3v) is 6.29. The van der Waals surface area contributed by atoms with Crippen LogP contribution in [0.2, 0.25) is 0 Å². The molecule has 1 atom stereocenters. The number of amides is 1. The van der Waals surface area contributed by atoms with E-state index in [2.05, 4.69) is 18.5 Å². The summed E-state index contributed by atoms with van der Waals surface area (Å²) in [6.45, 7) is 11.6. The number of ether oxygens (including phenoxy) is 1.